The summed E-state index contributed by atoms with van der Waals surface area (Å²) >= 11 is 3.92. The summed E-state index contributed by atoms with van der Waals surface area (Å²) in [5.74, 6) is -0.166. The number of thiol groups is 1. The van der Waals surface area contributed by atoms with Crippen LogP contribution >= 0.6 is 12.6 Å². The minimum absolute atomic E-state index is 0.121. The minimum Gasteiger partial charge on any atom is -0.377 e. The predicted molar refractivity (Wildman–Crippen MR) is 58.9 cm³/mol. The zero-order chi connectivity index (χ0) is 11.3. The molecule has 0 aromatic heterocycles. The normalized spacial score (nSPS) is 21.2. The Kier molecular flexibility index (Phi) is 4.90. The van der Waals surface area contributed by atoms with E-state index in [9.17, 15) is 9.59 Å². The highest BCUT2D eigenvalue weighted by molar-refractivity contribution is 7.81. The van der Waals surface area contributed by atoms with Crippen LogP contribution in [-0.2, 0) is 14.3 Å². The number of rotatable bonds is 3. The van der Waals surface area contributed by atoms with Crippen LogP contribution in [0.2, 0.25) is 0 Å². The lowest BCUT2D eigenvalue weighted by Gasteiger charge is -2.34. The fourth-order valence-electron chi connectivity index (χ4n) is 1.50. The quantitative estimate of drug-likeness (QED) is 0.631. The van der Waals surface area contributed by atoms with Crippen molar-refractivity contribution in [1.29, 1.82) is 0 Å². The number of hydrogen-bond acceptors (Lipinski definition) is 4. The van der Waals surface area contributed by atoms with E-state index < -0.39 is 6.04 Å². The Morgan fingerprint density at radius 1 is 1.60 bits per heavy atom. The van der Waals surface area contributed by atoms with Crippen molar-refractivity contribution in [2.24, 2.45) is 0 Å². The Balaban J connectivity index is 2.65. The van der Waals surface area contributed by atoms with Gasteiger partial charge in [-0.25, -0.2) is 0 Å². The van der Waals surface area contributed by atoms with Crippen LogP contribution in [0.25, 0.3) is 0 Å². The van der Waals surface area contributed by atoms with Gasteiger partial charge in [0.25, 0.3) is 0 Å². The Morgan fingerprint density at radius 2 is 2.33 bits per heavy atom. The van der Waals surface area contributed by atoms with Crippen LogP contribution in [0.4, 0.5) is 0 Å². The Hall–Kier alpha value is -0.750. The second kappa shape index (κ2) is 5.97. The summed E-state index contributed by atoms with van der Waals surface area (Å²) in [5, 5.41) is 2.69. The third-order valence-corrected chi connectivity index (χ3v) is 2.51. The van der Waals surface area contributed by atoms with Gasteiger partial charge >= 0.3 is 0 Å². The number of hydrogen-bond donors (Lipinski definition) is 2. The van der Waals surface area contributed by atoms with E-state index in [1.54, 1.807) is 0 Å². The smallest absolute Gasteiger partial charge is 0.245 e. The Labute approximate surface area is 94.6 Å². The number of nitrogens with one attached hydrogen (secondary N) is 1. The van der Waals surface area contributed by atoms with Gasteiger partial charge in [0.1, 0.15) is 6.04 Å². The molecule has 0 radical (unpaired) electrons. The van der Waals surface area contributed by atoms with Crippen molar-refractivity contribution in [2.75, 3.05) is 32.1 Å². The molecule has 1 atom stereocenters. The number of nitrogens with zero attached hydrogens (tertiary/aromatic N) is 1. The lowest BCUT2D eigenvalue weighted by molar-refractivity contribution is -0.146. The first-order valence-electron chi connectivity index (χ1n) is 4.96. The van der Waals surface area contributed by atoms with E-state index in [2.05, 4.69) is 17.9 Å². The lowest BCUT2D eigenvalue weighted by atomic mass is 10.2. The number of morpholine rings is 1. The molecule has 0 spiro atoms. The van der Waals surface area contributed by atoms with Crippen molar-refractivity contribution < 1.29 is 14.3 Å². The molecule has 15 heavy (non-hydrogen) atoms. The monoisotopic (exact) mass is 232 g/mol. The summed E-state index contributed by atoms with van der Waals surface area (Å²) < 4.78 is 5.19. The van der Waals surface area contributed by atoms with E-state index in [-0.39, 0.29) is 24.2 Å². The van der Waals surface area contributed by atoms with Crippen molar-refractivity contribution in [3.63, 3.8) is 0 Å². The van der Waals surface area contributed by atoms with Gasteiger partial charge in [-0.05, 0) is 6.92 Å². The van der Waals surface area contributed by atoms with Gasteiger partial charge in [-0.15, -0.1) is 0 Å². The first kappa shape index (κ1) is 12.3. The molecule has 1 heterocycles. The number of amides is 2. The predicted octanol–water partition coefficient (Wildman–Crippen LogP) is -0.720. The van der Waals surface area contributed by atoms with Crippen molar-refractivity contribution in [3.05, 3.63) is 0 Å². The zero-order valence-electron chi connectivity index (χ0n) is 8.73. The molecule has 6 heteroatoms. The van der Waals surface area contributed by atoms with Crippen LogP contribution in [0.3, 0.4) is 0 Å². The van der Waals surface area contributed by atoms with Gasteiger partial charge in [-0.2, -0.15) is 12.6 Å². The summed E-state index contributed by atoms with van der Waals surface area (Å²) in [5.41, 5.74) is 0. The first-order chi connectivity index (χ1) is 7.20. The van der Waals surface area contributed by atoms with Crippen molar-refractivity contribution in [3.8, 4) is 0 Å². The second-order valence-electron chi connectivity index (χ2n) is 3.23. The molecule has 1 rings (SSSR count). The fourth-order valence-corrected chi connectivity index (χ4v) is 1.68. The van der Waals surface area contributed by atoms with Crippen LogP contribution in [0.1, 0.15) is 6.92 Å². The Bertz CT molecular complexity index is 248. The molecule has 0 bridgehead atoms. The molecule has 0 aliphatic carbocycles. The third kappa shape index (κ3) is 3.10. The highest BCUT2D eigenvalue weighted by Gasteiger charge is 2.31. The van der Waals surface area contributed by atoms with Gasteiger partial charge in [0.2, 0.25) is 11.8 Å². The average molecular weight is 232 g/mol. The molecule has 0 aromatic rings. The van der Waals surface area contributed by atoms with Gasteiger partial charge < -0.3 is 15.0 Å². The summed E-state index contributed by atoms with van der Waals surface area (Å²) in [7, 11) is 0. The molecule has 1 aliphatic rings. The molecule has 2 amide bonds. The van der Waals surface area contributed by atoms with E-state index in [1.807, 2.05) is 6.92 Å². The molecule has 5 nitrogen and oxygen atoms in total. The summed E-state index contributed by atoms with van der Waals surface area (Å²) in [4.78, 5) is 24.6. The first-order valence-corrected chi connectivity index (χ1v) is 5.59. The van der Waals surface area contributed by atoms with E-state index in [4.69, 9.17) is 4.74 Å². The Morgan fingerprint density at radius 3 is 2.93 bits per heavy atom. The van der Waals surface area contributed by atoms with E-state index in [1.165, 1.54) is 4.90 Å². The lowest BCUT2D eigenvalue weighted by Crippen LogP contribution is -2.56. The highest BCUT2D eigenvalue weighted by atomic mass is 32.1. The average Bonchev–Trinajstić information content (AvgIpc) is 2.28. The van der Waals surface area contributed by atoms with Gasteiger partial charge in [0, 0.05) is 13.1 Å². The number of carbonyl (C=O) groups excluding carboxylic acids is 2. The molecular formula is C9H16N2O3S. The fraction of sp³-hybridized carbons (Fsp3) is 0.778. The maximum Gasteiger partial charge on any atom is 0.245 e. The molecule has 1 saturated heterocycles. The summed E-state index contributed by atoms with van der Waals surface area (Å²) in [6, 6.07) is -0.502. The van der Waals surface area contributed by atoms with Crippen LogP contribution in [0.15, 0.2) is 0 Å². The van der Waals surface area contributed by atoms with Crippen LogP contribution in [-0.4, -0.2) is 54.8 Å². The molecular weight excluding hydrogens is 216 g/mol. The summed E-state index contributed by atoms with van der Waals surface area (Å²) in [6.45, 7) is 3.60. The zero-order valence-corrected chi connectivity index (χ0v) is 9.63. The molecule has 1 aliphatic heterocycles. The molecule has 1 fully saturated rings. The number of carbonyl (C=O) groups is 2. The largest absolute Gasteiger partial charge is 0.377 e. The van der Waals surface area contributed by atoms with Crippen LogP contribution in [0, 0.1) is 0 Å². The minimum atomic E-state index is -0.502. The topological polar surface area (TPSA) is 58.6 Å². The van der Waals surface area contributed by atoms with Gasteiger partial charge in [0.15, 0.2) is 0 Å². The van der Waals surface area contributed by atoms with Gasteiger partial charge in [-0.1, -0.05) is 0 Å². The van der Waals surface area contributed by atoms with E-state index in [0.29, 0.717) is 19.7 Å². The van der Waals surface area contributed by atoms with Crippen molar-refractivity contribution in [2.45, 2.75) is 13.0 Å². The molecule has 1 unspecified atom stereocenters. The van der Waals surface area contributed by atoms with E-state index >= 15 is 0 Å². The number of likely N-dealkylation sites (N-methyl/N-ethyl adjacent to an activating group) is 1. The third-order valence-electron chi connectivity index (χ3n) is 2.24. The standard InChI is InChI=1S/C9H16N2O3S/c1-2-10-9(13)7-5-14-4-3-11(7)8(12)6-15/h7,15H,2-6H2,1H3,(H,10,13). The van der Waals surface area contributed by atoms with E-state index in [0.717, 1.165) is 0 Å². The summed E-state index contributed by atoms with van der Waals surface area (Å²) in [6.07, 6.45) is 0. The molecule has 1 N–H and O–H groups in total. The molecule has 86 valence electrons. The highest BCUT2D eigenvalue weighted by Crippen LogP contribution is 2.08. The van der Waals surface area contributed by atoms with Gasteiger partial charge in [0.05, 0.1) is 19.0 Å². The van der Waals surface area contributed by atoms with Gasteiger partial charge in [-0.3, -0.25) is 9.59 Å². The van der Waals surface area contributed by atoms with Crippen LogP contribution < -0.4 is 5.32 Å². The van der Waals surface area contributed by atoms with Crippen molar-refractivity contribution >= 4 is 24.4 Å². The molecule has 0 saturated carbocycles. The van der Waals surface area contributed by atoms with Crippen molar-refractivity contribution in [1.82, 2.24) is 10.2 Å². The SMILES string of the molecule is CCNC(=O)C1COCCN1C(=O)CS. The number of ether oxygens (including phenoxy) is 1. The maximum absolute atomic E-state index is 11.6. The molecule has 0 aromatic carbocycles. The van der Waals surface area contributed by atoms with Crippen LogP contribution in [0.5, 0.6) is 0 Å². The second-order valence-corrected chi connectivity index (χ2v) is 3.55. The maximum atomic E-state index is 11.6.